The van der Waals surface area contributed by atoms with Gasteiger partial charge in [-0.25, -0.2) is 0 Å². The Labute approximate surface area is 104 Å². The van der Waals surface area contributed by atoms with Crippen molar-refractivity contribution >= 4 is 0 Å². The Balaban J connectivity index is 1.80. The van der Waals surface area contributed by atoms with Gasteiger partial charge in [0.15, 0.2) is 0 Å². The predicted octanol–water partition coefficient (Wildman–Crippen LogP) is 1.88. The lowest BCUT2D eigenvalue weighted by molar-refractivity contribution is 0.226. The largest absolute Gasteiger partial charge is 0.497 e. The number of piperidine rings is 1. The van der Waals surface area contributed by atoms with Crippen LogP contribution in [0.2, 0.25) is 0 Å². The minimum atomic E-state index is 0.635. The first-order chi connectivity index (χ1) is 8.28. The molecular weight excluding hydrogens is 212 g/mol. The molecule has 2 rings (SSSR count). The first-order valence-corrected chi connectivity index (χ1v) is 6.33. The van der Waals surface area contributed by atoms with Gasteiger partial charge in [-0.1, -0.05) is 12.1 Å². The Hall–Kier alpha value is -1.06. The Bertz CT molecular complexity index is 337. The summed E-state index contributed by atoms with van der Waals surface area (Å²) in [5.41, 5.74) is 1.32. The Morgan fingerprint density at radius 3 is 2.76 bits per heavy atom. The number of likely N-dealkylation sites (N-methyl/N-ethyl adjacent to an activating group) is 1. The van der Waals surface area contributed by atoms with Crippen LogP contribution in [0.5, 0.6) is 5.75 Å². The van der Waals surface area contributed by atoms with Crippen LogP contribution in [0.1, 0.15) is 18.4 Å². The highest BCUT2D eigenvalue weighted by atomic mass is 16.5. The summed E-state index contributed by atoms with van der Waals surface area (Å²) in [6.45, 7) is 3.35. The number of hydrogen-bond donors (Lipinski definition) is 1. The van der Waals surface area contributed by atoms with Gasteiger partial charge in [0, 0.05) is 19.1 Å². The van der Waals surface area contributed by atoms with Crippen LogP contribution in [0.15, 0.2) is 24.3 Å². The summed E-state index contributed by atoms with van der Waals surface area (Å²) in [7, 11) is 3.90. The van der Waals surface area contributed by atoms with E-state index in [1.165, 1.54) is 24.9 Å². The number of nitrogens with one attached hydrogen (secondary N) is 1. The van der Waals surface area contributed by atoms with Crippen molar-refractivity contribution in [3.63, 3.8) is 0 Å². The maximum atomic E-state index is 5.15. The van der Waals surface area contributed by atoms with Gasteiger partial charge < -0.3 is 15.0 Å². The van der Waals surface area contributed by atoms with E-state index in [2.05, 4.69) is 29.4 Å². The highest BCUT2D eigenvalue weighted by Crippen LogP contribution is 2.12. The smallest absolute Gasteiger partial charge is 0.118 e. The van der Waals surface area contributed by atoms with Gasteiger partial charge in [-0.2, -0.15) is 0 Å². The van der Waals surface area contributed by atoms with Gasteiger partial charge in [-0.05, 0) is 44.1 Å². The minimum Gasteiger partial charge on any atom is -0.497 e. The van der Waals surface area contributed by atoms with Gasteiger partial charge in [-0.15, -0.1) is 0 Å². The summed E-state index contributed by atoms with van der Waals surface area (Å²) in [4.78, 5) is 2.40. The van der Waals surface area contributed by atoms with Gasteiger partial charge in [0.1, 0.15) is 5.75 Å². The van der Waals surface area contributed by atoms with E-state index in [-0.39, 0.29) is 0 Å². The number of likely N-dealkylation sites (tertiary alicyclic amines) is 1. The summed E-state index contributed by atoms with van der Waals surface area (Å²) in [6, 6.07) is 8.92. The second-order valence-electron chi connectivity index (χ2n) is 4.83. The molecule has 1 aliphatic heterocycles. The van der Waals surface area contributed by atoms with E-state index in [0.29, 0.717) is 6.04 Å². The lowest BCUT2D eigenvalue weighted by atomic mass is 10.1. The van der Waals surface area contributed by atoms with E-state index in [1.54, 1.807) is 7.11 Å². The van der Waals surface area contributed by atoms with Crippen molar-refractivity contribution in [2.24, 2.45) is 0 Å². The fraction of sp³-hybridized carbons (Fsp3) is 0.571. The van der Waals surface area contributed by atoms with Crippen LogP contribution in [0.4, 0.5) is 0 Å². The molecule has 0 radical (unpaired) electrons. The summed E-state index contributed by atoms with van der Waals surface area (Å²) in [5.74, 6) is 0.922. The lowest BCUT2D eigenvalue weighted by Crippen LogP contribution is -2.43. The Morgan fingerprint density at radius 1 is 1.35 bits per heavy atom. The fourth-order valence-corrected chi connectivity index (χ4v) is 2.34. The van der Waals surface area contributed by atoms with Crippen LogP contribution in [-0.2, 0) is 6.54 Å². The number of benzene rings is 1. The molecule has 1 aromatic rings. The van der Waals surface area contributed by atoms with Crippen molar-refractivity contribution in [3.05, 3.63) is 29.8 Å². The van der Waals surface area contributed by atoms with E-state index in [9.17, 15) is 0 Å². The molecule has 1 aromatic carbocycles. The maximum absolute atomic E-state index is 5.15. The molecule has 0 aliphatic carbocycles. The molecule has 1 heterocycles. The number of ether oxygens (including phenoxy) is 1. The molecule has 3 heteroatoms. The van der Waals surface area contributed by atoms with Crippen molar-refractivity contribution < 1.29 is 4.74 Å². The first kappa shape index (κ1) is 12.4. The zero-order valence-corrected chi connectivity index (χ0v) is 10.8. The van der Waals surface area contributed by atoms with Crippen molar-refractivity contribution in [2.75, 3.05) is 27.2 Å². The third kappa shape index (κ3) is 3.72. The third-order valence-electron chi connectivity index (χ3n) is 3.38. The van der Waals surface area contributed by atoms with Crippen LogP contribution >= 0.6 is 0 Å². The van der Waals surface area contributed by atoms with Crippen LogP contribution in [0, 0.1) is 0 Å². The molecule has 1 aliphatic rings. The van der Waals surface area contributed by atoms with E-state index in [0.717, 1.165) is 18.8 Å². The Kier molecular flexibility index (Phi) is 4.40. The standard InChI is InChI=1S/C14H22N2O/c1-16-9-3-4-13(11-16)15-10-12-5-7-14(17-2)8-6-12/h5-8,13,15H,3-4,9-11H2,1-2H3. The van der Waals surface area contributed by atoms with Gasteiger partial charge in [0.25, 0.3) is 0 Å². The van der Waals surface area contributed by atoms with Gasteiger partial charge in [0.2, 0.25) is 0 Å². The summed E-state index contributed by atoms with van der Waals surface area (Å²) in [5, 5.41) is 3.62. The molecule has 1 fully saturated rings. The highest BCUT2D eigenvalue weighted by molar-refractivity contribution is 5.27. The average Bonchev–Trinajstić information content (AvgIpc) is 2.37. The zero-order valence-electron chi connectivity index (χ0n) is 10.8. The fourth-order valence-electron chi connectivity index (χ4n) is 2.34. The summed E-state index contributed by atoms with van der Waals surface area (Å²) in [6.07, 6.45) is 2.59. The second-order valence-corrected chi connectivity index (χ2v) is 4.83. The third-order valence-corrected chi connectivity index (χ3v) is 3.38. The number of methoxy groups -OCH3 is 1. The van der Waals surface area contributed by atoms with E-state index >= 15 is 0 Å². The molecule has 1 atom stereocenters. The molecular formula is C14H22N2O. The normalized spacial score (nSPS) is 21.4. The first-order valence-electron chi connectivity index (χ1n) is 6.33. The summed E-state index contributed by atoms with van der Waals surface area (Å²) >= 11 is 0. The van der Waals surface area contributed by atoms with Crippen LogP contribution in [-0.4, -0.2) is 38.2 Å². The molecule has 3 nitrogen and oxygen atoms in total. The predicted molar refractivity (Wildman–Crippen MR) is 70.4 cm³/mol. The molecule has 1 unspecified atom stereocenters. The van der Waals surface area contributed by atoms with Gasteiger partial charge in [0.05, 0.1) is 7.11 Å². The van der Waals surface area contributed by atoms with Gasteiger partial charge in [-0.3, -0.25) is 0 Å². The second kappa shape index (κ2) is 6.03. The Morgan fingerprint density at radius 2 is 2.12 bits per heavy atom. The zero-order chi connectivity index (χ0) is 12.1. The van der Waals surface area contributed by atoms with Crippen molar-refractivity contribution in [1.82, 2.24) is 10.2 Å². The summed E-state index contributed by atoms with van der Waals surface area (Å²) < 4.78 is 5.15. The van der Waals surface area contributed by atoms with Crippen molar-refractivity contribution in [2.45, 2.75) is 25.4 Å². The van der Waals surface area contributed by atoms with E-state index < -0.39 is 0 Å². The quantitative estimate of drug-likeness (QED) is 0.861. The van der Waals surface area contributed by atoms with Gasteiger partial charge >= 0.3 is 0 Å². The van der Waals surface area contributed by atoms with E-state index in [1.807, 2.05) is 12.1 Å². The van der Waals surface area contributed by atoms with E-state index in [4.69, 9.17) is 4.74 Å². The van der Waals surface area contributed by atoms with Crippen LogP contribution in [0.25, 0.3) is 0 Å². The van der Waals surface area contributed by atoms with Crippen molar-refractivity contribution in [1.29, 1.82) is 0 Å². The molecule has 1 N–H and O–H groups in total. The molecule has 0 aromatic heterocycles. The molecule has 1 saturated heterocycles. The molecule has 0 saturated carbocycles. The monoisotopic (exact) mass is 234 g/mol. The molecule has 17 heavy (non-hydrogen) atoms. The van der Waals surface area contributed by atoms with Crippen LogP contribution < -0.4 is 10.1 Å². The number of hydrogen-bond acceptors (Lipinski definition) is 3. The molecule has 0 amide bonds. The minimum absolute atomic E-state index is 0.635. The maximum Gasteiger partial charge on any atom is 0.118 e. The lowest BCUT2D eigenvalue weighted by Gasteiger charge is -2.30. The SMILES string of the molecule is COc1ccc(CNC2CCCN(C)C2)cc1. The highest BCUT2D eigenvalue weighted by Gasteiger charge is 2.15. The number of nitrogens with zero attached hydrogens (tertiary/aromatic N) is 1. The molecule has 0 bridgehead atoms. The molecule has 94 valence electrons. The topological polar surface area (TPSA) is 24.5 Å². The average molecular weight is 234 g/mol. The number of rotatable bonds is 4. The molecule has 0 spiro atoms. The van der Waals surface area contributed by atoms with Crippen LogP contribution in [0.3, 0.4) is 0 Å². The van der Waals surface area contributed by atoms with Crippen molar-refractivity contribution in [3.8, 4) is 5.75 Å².